The van der Waals surface area contributed by atoms with Crippen LogP contribution in [0.2, 0.25) is 0 Å². The largest absolute Gasteiger partial charge is 0.472 e. The summed E-state index contributed by atoms with van der Waals surface area (Å²) >= 11 is 0. The number of phosphoric ester groups is 2. The molecule has 0 saturated heterocycles. The number of hydrogen-bond acceptors (Lipinski definition) is 15. The van der Waals surface area contributed by atoms with Gasteiger partial charge in [-0.25, -0.2) is 9.13 Å². The Morgan fingerprint density at radius 1 is 0.337 bits per heavy atom. The maximum atomic E-state index is 13.1. The minimum atomic E-state index is -4.96. The highest BCUT2D eigenvalue weighted by atomic mass is 31.2. The van der Waals surface area contributed by atoms with Gasteiger partial charge in [0.2, 0.25) is 0 Å². The number of unbranched alkanes of at least 4 members (excludes halogenated alkanes) is 39. The van der Waals surface area contributed by atoms with Gasteiger partial charge < -0.3 is 33.8 Å². The lowest BCUT2D eigenvalue weighted by Crippen LogP contribution is -2.30. The zero-order valence-corrected chi connectivity index (χ0v) is 65.5. The fourth-order valence-corrected chi connectivity index (χ4v) is 13.1. The standard InChI is InChI=1S/C79H150O17P2/c1-8-10-11-12-13-14-15-16-21-25-28-33-38-46-53-60-76(81)89-66-74(95-79(84)63-56-49-40-35-30-32-37-44-51-58-71(5)6)68-93-97(85,86)91-64-73(80)65-92-98(87,88)94-69-75(67-90-77(82)61-54-47-42-41-45-52-59-72(7)9-2)96-78(83)62-55-48-39-34-29-26-23-20-18-17-19-22-24-27-31-36-43-50-57-70(3)4/h14-16,21,70-75,80H,8-13,17-20,22-69H2,1-7H3,(H,85,86)(H,87,88)/b15-14-,21-16-/t72?,73-,74-,75-/m1/s1. The van der Waals surface area contributed by atoms with E-state index in [1.807, 2.05) is 0 Å². The van der Waals surface area contributed by atoms with E-state index in [1.165, 1.54) is 167 Å². The maximum absolute atomic E-state index is 13.1. The highest BCUT2D eigenvalue weighted by Gasteiger charge is 2.30. The molecule has 3 unspecified atom stereocenters. The third kappa shape index (κ3) is 70.6. The highest BCUT2D eigenvalue weighted by Crippen LogP contribution is 2.45. The van der Waals surface area contributed by atoms with E-state index >= 15 is 0 Å². The van der Waals surface area contributed by atoms with Gasteiger partial charge in [-0.05, 0) is 69.1 Å². The fraction of sp³-hybridized carbons (Fsp3) is 0.899. The van der Waals surface area contributed by atoms with E-state index in [1.54, 1.807) is 0 Å². The van der Waals surface area contributed by atoms with Crippen molar-refractivity contribution in [2.24, 2.45) is 17.8 Å². The normalized spacial score (nSPS) is 14.4. The van der Waals surface area contributed by atoms with Crippen LogP contribution in [0.4, 0.5) is 0 Å². The number of carbonyl (C=O) groups is 4. The van der Waals surface area contributed by atoms with Crippen molar-refractivity contribution in [1.29, 1.82) is 0 Å². The van der Waals surface area contributed by atoms with Crippen LogP contribution in [0.25, 0.3) is 0 Å². The summed E-state index contributed by atoms with van der Waals surface area (Å²) in [5, 5.41) is 10.6. The Morgan fingerprint density at radius 3 is 0.908 bits per heavy atom. The number of aliphatic hydroxyl groups is 1. The minimum absolute atomic E-state index is 0.0982. The minimum Gasteiger partial charge on any atom is -0.462 e. The molecule has 19 heteroatoms. The molecule has 17 nitrogen and oxygen atoms in total. The fourth-order valence-electron chi connectivity index (χ4n) is 11.6. The molecule has 0 saturated carbocycles. The van der Waals surface area contributed by atoms with Crippen LogP contribution in [0.5, 0.6) is 0 Å². The Balaban J connectivity index is 5.22. The van der Waals surface area contributed by atoms with Crippen LogP contribution in [0.1, 0.15) is 382 Å². The average molecular weight is 1430 g/mol. The van der Waals surface area contributed by atoms with Crippen molar-refractivity contribution in [3.8, 4) is 0 Å². The van der Waals surface area contributed by atoms with Gasteiger partial charge in [-0.3, -0.25) is 37.3 Å². The Hall–Kier alpha value is -2.46. The Labute approximate surface area is 599 Å². The Bertz CT molecular complexity index is 2000. The molecular weight excluding hydrogens is 1280 g/mol. The van der Waals surface area contributed by atoms with Gasteiger partial charge in [-0.1, -0.05) is 330 Å². The molecule has 0 bridgehead atoms. The summed E-state index contributed by atoms with van der Waals surface area (Å²) in [5.74, 6) is 0.135. The first kappa shape index (κ1) is 95.5. The van der Waals surface area contributed by atoms with E-state index in [4.69, 9.17) is 37.0 Å². The summed E-state index contributed by atoms with van der Waals surface area (Å²) < 4.78 is 68.5. The first-order chi connectivity index (χ1) is 47.3. The quantitative estimate of drug-likeness (QED) is 0.0169. The topological polar surface area (TPSA) is 237 Å². The third-order valence-corrected chi connectivity index (χ3v) is 20.0. The second kappa shape index (κ2) is 68.9. The van der Waals surface area contributed by atoms with Crippen molar-refractivity contribution in [3.63, 3.8) is 0 Å². The Kier molecular flexibility index (Phi) is 67.2. The van der Waals surface area contributed by atoms with Gasteiger partial charge in [0.1, 0.15) is 19.3 Å². The molecule has 0 amide bonds. The molecule has 6 atom stereocenters. The van der Waals surface area contributed by atoms with E-state index in [2.05, 4.69) is 72.8 Å². The van der Waals surface area contributed by atoms with Gasteiger partial charge in [0, 0.05) is 25.7 Å². The smallest absolute Gasteiger partial charge is 0.462 e. The van der Waals surface area contributed by atoms with E-state index in [0.717, 1.165) is 133 Å². The molecule has 0 fully saturated rings. The molecular formula is C79H150O17P2. The first-order valence-corrected chi connectivity index (χ1v) is 43.2. The monoisotopic (exact) mass is 1430 g/mol. The van der Waals surface area contributed by atoms with Crippen molar-refractivity contribution in [2.45, 2.75) is 401 Å². The first-order valence-electron chi connectivity index (χ1n) is 40.2. The second-order valence-corrected chi connectivity index (χ2v) is 31.9. The lowest BCUT2D eigenvalue weighted by molar-refractivity contribution is -0.161. The molecule has 3 N–H and O–H groups in total. The molecule has 0 heterocycles. The van der Waals surface area contributed by atoms with E-state index in [-0.39, 0.29) is 25.7 Å². The lowest BCUT2D eigenvalue weighted by Gasteiger charge is -2.21. The predicted octanol–water partition coefficient (Wildman–Crippen LogP) is 22.9. The van der Waals surface area contributed by atoms with Crippen molar-refractivity contribution in [1.82, 2.24) is 0 Å². The van der Waals surface area contributed by atoms with Crippen molar-refractivity contribution in [2.75, 3.05) is 39.6 Å². The van der Waals surface area contributed by atoms with Crippen molar-refractivity contribution >= 4 is 39.5 Å². The average Bonchev–Trinajstić information content (AvgIpc) is 1.02. The predicted molar refractivity (Wildman–Crippen MR) is 400 cm³/mol. The van der Waals surface area contributed by atoms with Crippen molar-refractivity contribution < 1.29 is 80.2 Å². The van der Waals surface area contributed by atoms with Gasteiger partial charge in [0.25, 0.3) is 0 Å². The molecule has 0 aliphatic rings. The van der Waals surface area contributed by atoms with Crippen LogP contribution >= 0.6 is 15.6 Å². The zero-order chi connectivity index (χ0) is 72.3. The van der Waals surface area contributed by atoms with Crippen LogP contribution < -0.4 is 0 Å². The van der Waals surface area contributed by atoms with Crippen molar-refractivity contribution in [3.05, 3.63) is 24.3 Å². The third-order valence-electron chi connectivity index (χ3n) is 18.1. The summed E-state index contributed by atoms with van der Waals surface area (Å²) in [6.07, 6.45) is 59.2. The van der Waals surface area contributed by atoms with Crippen LogP contribution in [-0.2, 0) is 65.4 Å². The number of allylic oxidation sites excluding steroid dienone is 4. The summed E-state index contributed by atoms with van der Waals surface area (Å²) in [7, 11) is -9.93. The highest BCUT2D eigenvalue weighted by molar-refractivity contribution is 7.47. The number of aliphatic hydroxyl groups excluding tert-OH is 1. The molecule has 0 radical (unpaired) electrons. The number of rotatable bonds is 75. The summed E-state index contributed by atoms with van der Waals surface area (Å²) in [5.41, 5.74) is 0. The molecule has 0 aromatic carbocycles. The van der Waals surface area contributed by atoms with Gasteiger partial charge >= 0.3 is 39.5 Å². The molecule has 0 aliphatic carbocycles. The van der Waals surface area contributed by atoms with Gasteiger partial charge in [-0.15, -0.1) is 0 Å². The van der Waals surface area contributed by atoms with Gasteiger partial charge in [-0.2, -0.15) is 0 Å². The van der Waals surface area contributed by atoms with Crippen LogP contribution in [0.3, 0.4) is 0 Å². The number of carbonyl (C=O) groups excluding carboxylic acids is 4. The van der Waals surface area contributed by atoms with E-state index in [9.17, 15) is 43.2 Å². The maximum Gasteiger partial charge on any atom is 0.472 e. The lowest BCUT2D eigenvalue weighted by atomic mass is 10.00. The molecule has 98 heavy (non-hydrogen) atoms. The molecule has 0 aliphatic heterocycles. The molecule has 0 aromatic heterocycles. The molecule has 0 aromatic rings. The van der Waals surface area contributed by atoms with Gasteiger partial charge in [0.05, 0.1) is 26.4 Å². The summed E-state index contributed by atoms with van der Waals surface area (Å²) in [6, 6.07) is 0. The van der Waals surface area contributed by atoms with Gasteiger partial charge in [0.15, 0.2) is 12.2 Å². The summed E-state index contributed by atoms with van der Waals surface area (Å²) in [4.78, 5) is 72.9. The molecule has 578 valence electrons. The Morgan fingerprint density at radius 2 is 0.602 bits per heavy atom. The number of esters is 4. The van der Waals surface area contributed by atoms with Crippen LogP contribution in [0, 0.1) is 17.8 Å². The SMILES string of the molecule is CCCCCC/C=C\C=C/CCCCCCCC(=O)OC[C@H](COP(=O)(O)OC[C@@H](O)COP(=O)(O)OC[C@@H](COC(=O)CCCCCCCCC(C)CC)OC(=O)CCCCCCCCCCCCCCCCCCCCC(C)C)OC(=O)CCCCCCCCCCCC(C)C. The molecule has 0 spiro atoms. The number of phosphoric acid groups is 2. The van der Waals surface area contributed by atoms with E-state index < -0.39 is 97.5 Å². The summed E-state index contributed by atoms with van der Waals surface area (Å²) in [6.45, 7) is 11.8. The number of ether oxygens (including phenoxy) is 4. The van der Waals surface area contributed by atoms with Crippen LogP contribution in [-0.4, -0.2) is 96.7 Å². The second-order valence-electron chi connectivity index (χ2n) is 29.0. The molecule has 0 rings (SSSR count). The number of hydrogen-bond donors (Lipinski definition) is 3. The zero-order valence-electron chi connectivity index (χ0n) is 63.7. The van der Waals surface area contributed by atoms with E-state index in [0.29, 0.717) is 25.7 Å². The van der Waals surface area contributed by atoms with Crippen LogP contribution in [0.15, 0.2) is 24.3 Å².